The van der Waals surface area contributed by atoms with E-state index in [2.05, 4.69) is 15.2 Å². The molecule has 2 aliphatic rings. The molecule has 2 aromatic rings. The van der Waals surface area contributed by atoms with Crippen LogP contribution in [0.2, 0.25) is 0 Å². The van der Waals surface area contributed by atoms with Gasteiger partial charge in [-0.25, -0.2) is 9.37 Å². The molecule has 2 fully saturated rings. The quantitative estimate of drug-likeness (QED) is 0.616. The summed E-state index contributed by atoms with van der Waals surface area (Å²) in [5, 5.41) is 13.9. The van der Waals surface area contributed by atoms with E-state index in [-0.39, 0.29) is 30.5 Å². The normalized spacial score (nSPS) is 20.5. The molecule has 0 bridgehead atoms. The highest BCUT2D eigenvalue weighted by atomic mass is 32.1. The summed E-state index contributed by atoms with van der Waals surface area (Å²) < 4.78 is 39.7. The molecule has 2 heterocycles. The van der Waals surface area contributed by atoms with E-state index in [1.165, 1.54) is 17.4 Å². The monoisotopic (exact) mass is 467 g/mol. The minimum Gasteiger partial charge on any atom is -0.486 e. The molecule has 11 heteroatoms. The first-order valence-electron chi connectivity index (χ1n) is 10.3. The van der Waals surface area contributed by atoms with Gasteiger partial charge in [-0.15, -0.1) is 11.3 Å². The molecular weight excluding hydrogens is 444 g/mol. The van der Waals surface area contributed by atoms with Gasteiger partial charge in [0.2, 0.25) is 11.7 Å². The van der Waals surface area contributed by atoms with Crippen LogP contribution in [0.5, 0.6) is 5.75 Å². The Balaban J connectivity index is 1.42. The Hall–Kier alpha value is -2.79. The van der Waals surface area contributed by atoms with Crippen LogP contribution in [0.3, 0.4) is 0 Å². The average molecular weight is 467 g/mol. The van der Waals surface area contributed by atoms with Crippen LogP contribution in [0.25, 0.3) is 11.3 Å². The number of carboxylic acid groups (broad SMARTS) is 1. The van der Waals surface area contributed by atoms with Crippen molar-refractivity contribution in [3.63, 3.8) is 0 Å². The van der Waals surface area contributed by atoms with Crippen molar-refractivity contribution in [2.75, 3.05) is 31.2 Å². The zero-order valence-electron chi connectivity index (χ0n) is 17.2. The number of halogens is 2. The van der Waals surface area contributed by atoms with Crippen LogP contribution in [0.4, 0.5) is 13.9 Å². The second kappa shape index (κ2) is 9.78. The zero-order chi connectivity index (χ0) is 22.7. The van der Waals surface area contributed by atoms with Crippen molar-refractivity contribution >= 4 is 28.3 Å². The fraction of sp³-hybridized carbons (Fsp3) is 0.476. The first kappa shape index (κ1) is 22.4. The van der Waals surface area contributed by atoms with Crippen LogP contribution in [0.15, 0.2) is 17.5 Å². The lowest BCUT2D eigenvalue weighted by molar-refractivity contribution is -0.139. The third kappa shape index (κ3) is 5.16. The van der Waals surface area contributed by atoms with Crippen LogP contribution < -0.4 is 15.0 Å². The number of nitrogens with zero attached hydrogens (tertiary/aromatic N) is 2. The highest BCUT2D eigenvalue weighted by Gasteiger charge is 2.34. The molecule has 0 spiro atoms. The Bertz CT molecular complexity index is 990. The summed E-state index contributed by atoms with van der Waals surface area (Å²) in [6, 6.07) is 2.32. The molecule has 0 atom stereocenters. The number of hydrogen-bond acceptors (Lipinski definition) is 7. The van der Waals surface area contributed by atoms with E-state index >= 15 is 0 Å². The van der Waals surface area contributed by atoms with Gasteiger partial charge >= 0.3 is 5.97 Å². The maximum atomic E-state index is 14.6. The zero-order valence-corrected chi connectivity index (χ0v) is 18.0. The summed E-state index contributed by atoms with van der Waals surface area (Å²) in [6.45, 7) is 2.67. The maximum absolute atomic E-state index is 14.6. The number of amides is 1. The number of aromatic nitrogens is 1. The van der Waals surface area contributed by atoms with E-state index < -0.39 is 23.7 Å². The first-order valence-corrected chi connectivity index (χ1v) is 11.2. The first-order chi connectivity index (χ1) is 15.4. The maximum Gasteiger partial charge on any atom is 0.303 e. The van der Waals surface area contributed by atoms with E-state index in [1.807, 2.05) is 0 Å². The number of hydrogen-bond donors (Lipinski definition) is 2. The minimum absolute atomic E-state index is 0.102. The molecular formula is C21H23F2N3O5S. The van der Waals surface area contributed by atoms with Crippen molar-refractivity contribution in [3.05, 3.63) is 29.1 Å². The van der Waals surface area contributed by atoms with Gasteiger partial charge in [-0.1, -0.05) is 0 Å². The molecule has 1 aliphatic heterocycles. The highest BCUT2D eigenvalue weighted by molar-refractivity contribution is 7.14. The number of carbonyl (C=O) groups excluding carboxylic acids is 1. The summed E-state index contributed by atoms with van der Waals surface area (Å²) in [5.74, 6) is -3.67. The van der Waals surface area contributed by atoms with Crippen molar-refractivity contribution < 1.29 is 33.0 Å². The number of rotatable bonds is 8. The Morgan fingerprint density at radius 3 is 2.72 bits per heavy atom. The van der Waals surface area contributed by atoms with E-state index in [0.29, 0.717) is 37.3 Å². The Kier molecular flexibility index (Phi) is 6.85. The van der Waals surface area contributed by atoms with Crippen LogP contribution in [-0.4, -0.2) is 60.4 Å². The molecule has 2 N–H and O–H groups in total. The van der Waals surface area contributed by atoms with Crippen LogP contribution in [-0.2, 0) is 14.3 Å². The number of ether oxygens (including phenoxy) is 2. The fourth-order valence-corrected chi connectivity index (χ4v) is 4.48. The highest BCUT2D eigenvalue weighted by Crippen LogP contribution is 2.38. The van der Waals surface area contributed by atoms with E-state index in [4.69, 9.17) is 14.6 Å². The molecule has 0 unspecified atom stereocenters. The lowest BCUT2D eigenvalue weighted by Gasteiger charge is -2.36. The number of morpholine rings is 1. The molecule has 1 saturated heterocycles. The van der Waals surface area contributed by atoms with Gasteiger partial charge in [0, 0.05) is 49.3 Å². The van der Waals surface area contributed by atoms with E-state index in [1.54, 1.807) is 5.38 Å². The smallest absolute Gasteiger partial charge is 0.303 e. The van der Waals surface area contributed by atoms with E-state index in [0.717, 1.165) is 24.3 Å². The van der Waals surface area contributed by atoms with Gasteiger partial charge in [-0.3, -0.25) is 9.59 Å². The van der Waals surface area contributed by atoms with Crippen molar-refractivity contribution in [2.24, 2.45) is 0 Å². The van der Waals surface area contributed by atoms with Crippen molar-refractivity contribution in [1.82, 2.24) is 10.3 Å². The topological polar surface area (TPSA) is 101 Å². The number of nitrogens with one attached hydrogen (secondary N) is 1. The molecule has 1 saturated carbocycles. The summed E-state index contributed by atoms with van der Waals surface area (Å²) in [5.41, 5.74) is 0.872. The average Bonchev–Trinajstić information content (AvgIpc) is 3.24. The number of carbonyl (C=O) groups is 2. The summed E-state index contributed by atoms with van der Waals surface area (Å²) in [6.07, 6.45) is 0.104. The third-order valence-corrected chi connectivity index (χ3v) is 6.31. The second-order valence-electron chi connectivity index (χ2n) is 7.72. The van der Waals surface area contributed by atoms with Crippen molar-refractivity contribution in [3.8, 4) is 17.0 Å². The van der Waals surface area contributed by atoms with Crippen molar-refractivity contribution in [1.29, 1.82) is 0 Å². The lowest BCUT2D eigenvalue weighted by atomic mass is 9.89. The summed E-state index contributed by atoms with van der Waals surface area (Å²) in [4.78, 5) is 29.0. The number of carboxylic acids is 1. The van der Waals surface area contributed by atoms with Crippen LogP contribution in [0, 0.1) is 11.6 Å². The second-order valence-corrected chi connectivity index (χ2v) is 8.56. The Morgan fingerprint density at radius 1 is 1.25 bits per heavy atom. The standard InChI is InChI=1S/C21H23F2N3O5S/c22-15-2-1-14(16-11-32-21(25-16)26-5-7-30-8-6-26)20(19(15)23)31-13-9-12(10-13)24-17(27)3-4-18(28)29/h1-2,11-13H,3-10H2,(H,24,27)(H,28,29)/t12-,13-. The van der Waals surface area contributed by atoms with Gasteiger partial charge in [0.05, 0.1) is 25.3 Å². The molecule has 1 aromatic heterocycles. The SMILES string of the molecule is O=C(O)CCC(=O)N[C@H]1C[C@H](Oc2c(-c3csc(N4CCOCC4)n3)ccc(F)c2F)C1. The van der Waals surface area contributed by atoms with Gasteiger partial charge in [0.25, 0.3) is 0 Å². The molecule has 32 heavy (non-hydrogen) atoms. The summed E-state index contributed by atoms with van der Waals surface area (Å²) >= 11 is 1.42. The fourth-order valence-electron chi connectivity index (χ4n) is 3.60. The number of thiazole rings is 1. The van der Waals surface area contributed by atoms with E-state index in [9.17, 15) is 18.4 Å². The van der Waals surface area contributed by atoms with Crippen LogP contribution in [0.1, 0.15) is 25.7 Å². The van der Waals surface area contributed by atoms with Gasteiger partial charge < -0.3 is 24.8 Å². The molecule has 4 rings (SSSR count). The van der Waals surface area contributed by atoms with Gasteiger partial charge in [0.1, 0.15) is 6.10 Å². The predicted octanol–water partition coefficient (Wildman–Crippen LogP) is 2.82. The molecule has 0 radical (unpaired) electrons. The third-order valence-electron chi connectivity index (χ3n) is 5.41. The summed E-state index contributed by atoms with van der Waals surface area (Å²) in [7, 11) is 0. The van der Waals surface area contributed by atoms with Crippen molar-refractivity contribution in [2.45, 2.75) is 37.8 Å². The predicted molar refractivity (Wildman–Crippen MR) is 113 cm³/mol. The molecule has 172 valence electrons. The van der Waals surface area contributed by atoms with Crippen LogP contribution >= 0.6 is 11.3 Å². The Morgan fingerprint density at radius 2 is 2.00 bits per heavy atom. The van der Waals surface area contributed by atoms with Gasteiger partial charge in [-0.2, -0.15) is 4.39 Å². The number of aliphatic carboxylic acids is 1. The minimum atomic E-state index is -1.07. The molecule has 1 aliphatic carbocycles. The molecule has 1 amide bonds. The molecule has 8 nitrogen and oxygen atoms in total. The lowest BCUT2D eigenvalue weighted by Crippen LogP contribution is -2.49. The van der Waals surface area contributed by atoms with Gasteiger partial charge in [-0.05, 0) is 12.1 Å². The molecule has 1 aromatic carbocycles. The Labute approximate surface area is 187 Å². The van der Waals surface area contributed by atoms with Gasteiger partial charge in [0.15, 0.2) is 16.7 Å². The number of benzene rings is 1. The largest absolute Gasteiger partial charge is 0.486 e. The number of anilines is 1.